The standard InChI is InChI=1S/C41H61N2O4/c1-5-7-8-9-10-11-12-13-14-15-16-17-18-21-30-47-39-27-26-35(31-40(39)46-4)33-43(34-36-23-22-29-42(32-36)28-6-2)41(44)37-24-19-20-25-38(37)45-3/h19-20,22-27,29,31-32H,5-18,21,28,30,33-34H2,1-4H3/q+1. The van der Waals surface area contributed by atoms with Crippen LogP contribution in [0.5, 0.6) is 17.2 Å². The zero-order valence-corrected chi connectivity index (χ0v) is 29.8. The minimum absolute atomic E-state index is 0.0783. The highest BCUT2D eigenvalue weighted by Gasteiger charge is 2.22. The number of hydrogen-bond acceptors (Lipinski definition) is 4. The number of benzene rings is 2. The van der Waals surface area contributed by atoms with Crippen molar-refractivity contribution in [2.45, 2.75) is 130 Å². The number of aromatic nitrogens is 1. The Morgan fingerprint density at radius 3 is 1.89 bits per heavy atom. The molecule has 1 amide bonds. The summed E-state index contributed by atoms with van der Waals surface area (Å²) in [5.41, 5.74) is 2.60. The van der Waals surface area contributed by atoms with Gasteiger partial charge in [-0.15, -0.1) is 0 Å². The van der Waals surface area contributed by atoms with Gasteiger partial charge < -0.3 is 19.1 Å². The molecular formula is C41H61N2O4+. The van der Waals surface area contributed by atoms with Gasteiger partial charge in [0.1, 0.15) is 12.3 Å². The van der Waals surface area contributed by atoms with Crippen molar-refractivity contribution in [2.24, 2.45) is 0 Å². The van der Waals surface area contributed by atoms with Gasteiger partial charge >= 0.3 is 0 Å². The van der Waals surface area contributed by atoms with E-state index in [0.29, 0.717) is 36.8 Å². The molecule has 0 unspecified atom stereocenters. The number of amides is 1. The maximum atomic E-state index is 13.9. The molecule has 0 aliphatic carbocycles. The molecule has 0 bridgehead atoms. The molecule has 2 aromatic carbocycles. The average Bonchev–Trinajstić information content (AvgIpc) is 3.10. The quantitative estimate of drug-likeness (QED) is 0.0680. The first-order chi connectivity index (χ1) is 23.1. The topological polar surface area (TPSA) is 51.9 Å². The van der Waals surface area contributed by atoms with Gasteiger partial charge in [-0.2, -0.15) is 0 Å². The predicted molar refractivity (Wildman–Crippen MR) is 192 cm³/mol. The number of carbonyl (C=O) groups excluding carboxylic acids is 1. The van der Waals surface area contributed by atoms with E-state index in [2.05, 4.69) is 36.9 Å². The number of para-hydroxylation sites is 1. The normalized spacial score (nSPS) is 11.0. The average molecular weight is 646 g/mol. The molecule has 3 rings (SSSR count). The van der Waals surface area contributed by atoms with Crippen molar-refractivity contribution in [3.63, 3.8) is 0 Å². The summed E-state index contributed by atoms with van der Waals surface area (Å²) in [5.74, 6) is 1.93. The van der Waals surface area contributed by atoms with Crippen LogP contribution in [0.4, 0.5) is 0 Å². The molecule has 0 atom stereocenters. The lowest BCUT2D eigenvalue weighted by molar-refractivity contribution is -0.697. The van der Waals surface area contributed by atoms with Crippen molar-refractivity contribution in [1.82, 2.24) is 4.90 Å². The fraction of sp³-hybridized carbons (Fsp3) is 0.561. The van der Waals surface area contributed by atoms with Gasteiger partial charge in [-0.25, -0.2) is 4.57 Å². The van der Waals surface area contributed by atoms with E-state index in [1.54, 1.807) is 14.2 Å². The van der Waals surface area contributed by atoms with Crippen molar-refractivity contribution in [3.05, 3.63) is 83.7 Å². The van der Waals surface area contributed by atoms with E-state index in [0.717, 1.165) is 36.3 Å². The van der Waals surface area contributed by atoms with E-state index in [9.17, 15) is 4.79 Å². The van der Waals surface area contributed by atoms with E-state index < -0.39 is 0 Å². The molecule has 6 heteroatoms. The lowest BCUT2D eigenvalue weighted by Crippen LogP contribution is -2.35. The Hall–Kier alpha value is -3.54. The third-order valence-electron chi connectivity index (χ3n) is 8.76. The fourth-order valence-electron chi connectivity index (χ4n) is 6.11. The number of aryl methyl sites for hydroxylation is 1. The SMILES string of the molecule is CCCCCCCCCCCCCCCCOc1ccc(CN(Cc2ccc[n+](CCC)c2)C(=O)c2ccccc2OC)cc1OC. The van der Waals surface area contributed by atoms with Crippen LogP contribution in [0.2, 0.25) is 0 Å². The Morgan fingerprint density at radius 1 is 0.638 bits per heavy atom. The zero-order valence-electron chi connectivity index (χ0n) is 29.8. The second-order valence-corrected chi connectivity index (χ2v) is 12.7. The number of carbonyl (C=O) groups is 1. The molecule has 0 fully saturated rings. The summed E-state index contributed by atoms with van der Waals surface area (Å²) in [6.07, 6.45) is 24.0. The van der Waals surface area contributed by atoms with Gasteiger partial charge in [-0.1, -0.05) is 116 Å². The summed E-state index contributed by atoms with van der Waals surface area (Å²) in [4.78, 5) is 15.8. The van der Waals surface area contributed by atoms with Crippen LogP contribution < -0.4 is 18.8 Å². The lowest BCUT2D eigenvalue weighted by atomic mass is 10.0. The Bertz CT molecular complexity index is 1290. The van der Waals surface area contributed by atoms with Crippen molar-refractivity contribution in [1.29, 1.82) is 0 Å². The predicted octanol–water partition coefficient (Wildman–Crippen LogP) is 10.1. The first-order valence-electron chi connectivity index (χ1n) is 18.3. The van der Waals surface area contributed by atoms with Crippen molar-refractivity contribution < 1.29 is 23.6 Å². The summed E-state index contributed by atoms with van der Waals surface area (Å²) in [7, 11) is 3.27. The van der Waals surface area contributed by atoms with Crippen molar-refractivity contribution >= 4 is 5.91 Å². The Morgan fingerprint density at radius 2 is 1.26 bits per heavy atom. The van der Waals surface area contributed by atoms with Gasteiger partial charge in [0.25, 0.3) is 5.91 Å². The minimum Gasteiger partial charge on any atom is -0.496 e. The molecule has 0 saturated heterocycles. The minimum atomic E-state index is -0.0783. The third-order valence-corrected chi connectivity index (χ3v) is 8.76. The van der Waals surface area contributed by atoms with E-state index >= 15 is 0 Å². The number of rotatable bonds is 25. The Labute approximate surface area is 285 Å². The molecule has 3 aromatic rings. The Balaban J connectivity index is 1.50. The molecule has 0 aliphatic heterocycles. The number of unbranched alkanes of at least 4 members (excludes halogenated alkanes) is 13. The molecule has 0 saturated carbocycles. The first kappa shape index (κ1) is 37.9. The van der Waals surface area contributed by atoms with E-state index in [-0.39, 0.29) is 5.91 Å². The molecular weight excluding hydrogens is 584 g/mol. The van der Waals surface area contributed by atoms with Crippen LogP contribution in [0.25, 0.3) is 0 Å². The van der Waals surface area contributed by atoms with Gasteiger partial charge in [0.05, 0.1) is 32.9 Å². The maximum Gasteiger partial charge on any atom is 0.258 e. The molecule has 0 N–H and O–H groups in total. The molecule has 258 valence electrons. The van der Waals surface area contributed by atoms with Crippen LogP contribution in [-0.4, -0.2) is 31.6 Å². The fourth-order valence-corrected chi connectivity index (χ4v) is 6.11. The molecule has 0 radical (unpaired) electrons. The highest BCUT2D eigenvalue weighted by Crippen LogP contribution is 2.30. The summed E-state index contributed by atoms with van der Waals surface area (Å²) < 4.78 is 19.6. The molecule has 0 aliphatic rings. The van der Waals surface area contributed by atoms with E-state index in [1.165, 1.54) is 83.5 Å². The van der Waals surface area contributed by atoms with Gasteiger partial charge in [0.15, 0.2) is 23.9 Å². The second kappa shape index (κ2) is 22.9. The third kappa shape index (κ3) is 14.0. The number of ether oxygens (including phenoxy) is 3. The van der Waals surface area contributed by atoms with Crippen LogP contribution in [0, 0.1) is 0 Å². The van der Waals surface area contributed by atoms with Crippen molar-refractivity contribution in [2.75, 3.05) is 20.8 Å². The summed E-state index contributed by atoms with van der Waals surface area (Å²) >= 11 is 0. The molecule has 0 spiro atoms. The summed E-state index contributed by atoms with van der Waals surface area (Å²) in [6.45, 7) is 6.96. The van der Waals surface area contributed by atoms with Crippen LogP contribution in [-0.2, 0) is 19.6 Å². The Kier molecular flexibility index (Phi) is 18.5. The first-order valence-corrected chi connectivity index (χ1v) is 18.3. The number of hydrogen-bond donors (Lipinski definition) is 0. The number of methoxy groups -OCH3 is 2. The van der Waals surface area contributed by atoms with Crippen LogP contribution in [0.1, 0.15) is 132 Å². The molecule has 1 heterocycles. The highest BCUT2D eigenvalue weighted by atomic mass is 16.5. The second-order valence-electron chi connectivity index (χ2n) is 12.7. The van der Waals surface area contributed by atoms with Gasteiger partial charge in [-0.3, -0.25) is 4.79 Å². The van der Waals surface area contributed by atoms with Gasteiger partial charge in [0.2, 0.25) is 0 Å². The number of nitrogens with zero attached hydrogens (tertiary/aromatic N) is 2. The molecule has 47 heavy (non-hydrogen) atoms. The van der Waals surface area contributed by atoms with Crippen LogP contribution in [0.3, 0.4) is 0 Å². The molecule has 6 nitrogen and oxygen atoms in total. The zero-order chi connectivity index (χ0) is 33.5. The lowest BCUT2D eigenvalue weighted by Gasteiger charge is -2.24. The molecule has 1 aromatic heterocycles. The maximum absolute atomic E-state index is 13.9. The summed E-state index contributed by atoms with van der Waals surface area (Å²) in [5, 5.41) is 0. The van der Waals surface area contributed by atoms with Crippen LogP contribution in [0.15, 0.2) is 67.0 Å². The van der Waals surface area contributed by atoms with Crippen LogP contribution >= 0.6 is 0 Å². The van der Waals surface area contributed by atoms with Gasteiger partial charge in [-0.05, 0) is 42.3 Å². The largest absolute Gasteiger partial charge is 0.496 e. The smallest absolute Gasteiger partial charge is 0.258 e. The monoisotopic (exact) mass is 645 g/mol. The van der Waals surface area contributed by atoms with E-state index in [4.69, 9.17) is 14.2 Å². The number of pyridine rings is 1. The summed E-state index contributed by atoms with van der Waals surface area (Å²) in [6, 6.07) is 17.5. The highest BCUT2D eigenvalue weighted by molar-refractivity contribution is 5.96. The van der Waals surface area contributed by atoms with Crippen molar-refractivity contribution in [3.8, 4) is 17.2 Å². The van der Waals surface area contributed by atoms with E-state index in [1.807, 2.05) is 53.4 Å². The van der Waals surface area contributed by atoms with Gasteiger partial charge in [0, 0.05) is 24.6 Å².